The van der Waals surface area contributed by atoms with Crippen LogP contribution in [0.15, 0.2) is 36.8 Å². The minimum Gasteiger partial charge on any atom is -0.336 e. The maximum atomic E-state index is 13.0. The van der Waals surface area contributed by atoms with Crippen molar-refractivity contribution in [1.82, 2.24) is 24.3 Å². The predicted octanol–water partition coefficient (Wildman–Crippen LogP) is 1.32. The van der Waals surface area contributed by atoms with Gasteiger partial charge in [-0.05, 0) is 33.3 Å². The molecule has 1 saturated heterocycles. The third-order valence-electron chi connectivity index (χ3n) is 4.32. The highest BCUT2D eigenvalue weighted by Crippen LogP contribution is 2.18. The zero-order valence-corrected chi connectivity index (χ0v) is 14.6. The lowest BCUT2D eigenvalue weighted by molar-refractivity contribution is 0.0664. The van der Waals surface area contributed by atoms with Gasteiger partial charge in [0.05, 0.1) is 23.3 Å². The molecule has 0 saturated carbocycles. The molecule has 1 aliphatic rings. The van der Waals surface area contributed by atoms with Crippen molar-refractivity contribution in [1.29, 1.82) is 0 Å². The number of aromatic nitrogens is 2. The van der Waals surface area contributed by atoms with E-state index >= 15 is 0 Å². The Hall–Kier alpha value is -2.18. The second-order valence-corrected chi connectivity index (χ2v) is 6.62. The number of piperazine rings is 1. The Labute approximate surface area is 143 Å². The van der Waals surface area contributed by atoms with Crippen molar-refractivity contribution in [2.24, 2.45) is 0 Å². The van der Waals surface area contributed by atoms with E-state index in [0.717, 1.165) is 49.7 Å². The van der Waals surface area contributed by atoms with Gasteiger partial charge in [0.2, 0.25) is 0 Å². The maximum Gasteiger partial charge on any atom is 0.256 e. The van der Waals surface area contributed by atoms with Gasteiger partial charge in [0, 0.05) is 38.9 Å². The van der Waals surface area contributed by atoms with Gasteiger partial charge in [-0.25, -0.2) is 4.98 Å². The van der Waals surface area contributed by atoms with Crippen LogP contribution in [0.3, 0.4) is 0 Å². The van der Waals surface area contributed by atoms with Gasteiger partial charge in [-0.2, -0.15) is 0 Å². The molecule has 6 nitrogen and oxygen atoms in total. The minimum atomic E-state index is 0.0987. The number of imidazole rings is 1. The molecule has 0 radical (unpaired) electrons. The molecule has 24 heavy (non-hydrogen) atoms. The molecule has 0 unspecified atom stereocenters. The fourth-order valence-electron chi connectivity index (χ4n) is 2.96. The standard InChI is InChI=1S/C18H25N5O/c1-20(2)12-15-13-23(14-19-15)17-7-5-4-6-16(17)18(24)22-10-8-21(3)9-11-22/h4-7,13-14H,8-12H2,1-3H3. The molecule has 128 valence electrons. The number of hydrogen-bond donors (Lipinski definition) is 0. The van der Waals surface area contributed by atoms with Crippen LogP contribution >= 0.6 is 0 Å². The van der Waals surface area contributed by atoms with Gasteiger partial charge in [0.25, 0.3) is 5.91 Å². The van der Waals surface area contributed by atoms with Gasteiger partial charge in [0.15, 0.2) is 0 Å². The predicted molar refractivity (Wildman–Crippen MR) is 94.4 cm³/mol. The summed E-state index contributed by atoms with van der Waals surface area (Å²) in [5, 5.41) is 0. The quantitative estimate of drug-likeness (QED) is 0.850. The molecular weight excluding hydrogens is 302 g/mol. The van der Waals surface area contributed by atoms with E-state index < -0.39 is 0 Å². The minimum absolute atomic E-state index is 0.0987. The third kappa shape index (κ3) is 3.66. The zero-order chi connectivity index (χ0) is 17.1. The van der Waals surface area contributed by atoms with Crippen molar-refractivity contribution < 1.29 is 4.79 Å². The van der Waals surface area contributed by atoms with E-state index in [1.165, 1.54) is 0 Å². The molecule has 6 heteroatoms. The molecule has 0 atom stereocenters. The number of carbonyl (C=O) groups is 1. The van der Waals surface area contributed by atoms with Gasteiger partial charge in [-0.15, -0.1) is 0 Å². The van der Waals surface area contributed by atoms with E-state index in [4.69, 9.17) is 0 Å². The topological polar surface area (TPSA) is 44.6 Å². The van der Waals surface area contributed by atoms with Crippen LogP contribution in [0.1, 0.15) is 16.1 Å². The van der Waals surface area contributed by atoms with E-state index in [0.29, 0.717) is 0 Å². The van der Waals surface area contributed by atoms with Crippen LogP contribution in [0.2, 0.25) is 0 Å². The summed E-state index contributed by atoms with van der Waals surface area (Å²) in [6.45, 7) is 4.18. The smallest absolute Gasteiger partial charge is 0.256 e. The lowest BCUT2D eigenvalue weighted by Crippen LogP contribution is -2.47. The van der Waals surface area contributed by atoms with Crippen LogP contribution in [-0.2, 0) is 6.54 Å². The van der Waals surface area contributed by atoms with Crippen LogP contribution in [0, 0.1) is 0 Å². The second kappa shape index (κ2) is 7.15. The summed E-state index contributed by atoms with van der Waals surface area (Å²) < 4.78 is 1.95. The summed E-state index contributed by atoms with van der Waals surface area (Å²) in [6, 6.07) is 7.76. The first-order chi connectivity index (χ1) is 11.5. The van der Waals surface area contributed by atoms with Gasteiger partial charge in [-0.3, -0.25) is 4.79 Å². The summed E-state index contributed by atoms with van der Waals surface area (Å²) in [7, 11) is 6.13. The summed E-state index contributed by atoms with van der Waals surface area (Å²) in [5.41, 5.74) is 2.61. The molecule has 2 heterocycles. The van der Waals surface area contributed by atoms with E-state index in [2.05, 4.69) is 21.8 Å². The highest BCUT2D eigenvalue weighted by Gasteiger charge is 2.22. The highest BCUT2D eigenvalue weighted by molar-refractivity contribution is 5.97. The van der Waals surface area contributed by atoms with E-state index in [1.54, 1.807) is 6.33 Å². The van der Waals surface area contributed by atoms with Crippen molar-refractivity contribution in [3.63, 3.8) is 0 Å². The fraction of sp³-hybridized carbons (Fsp3) is 0.444. The Morgan fingerprint density at radius 3 is 2.58 bits per heavy atom. The van der Waals surface area contributed by atoms with E-state index in [-0.39, 0.29) is 5.91 Å². The number of likely N-dealkylation sites (N-methyl/N-ethyl adjacent to an activating group) is 1. The molecule has 1 aromatic carbocycles. The van der Waals surface area contributed by atoms with Crippen LogP contribution in [0.4, 0.5) is 0 Å². The molecule has 0 aliphatic carbocycles. The van der Waals surface area contributed by atoms with Gasteiger partial charge >= 0.3 is 0 Å². The van der Waals surface area contributed by atoms with Crippen molar-refractivity contribution in [2.75, 3.05) is 47.3 Å². The average Bonchev–Trinajstić information content (AvgIpc) is 3.02. The van der Waals surface area contributed by atoms with Crippen LogP contribution < -0.4 is 0 Å². The van der Waals surface area contributed by atoms with Gasteiger partial charge in [-0.1, -0.05) is 12.1 Å². The molecule has 1 fully saturated rings. The lowest BCUT2D eigenvalue weighted by Gasteiger charge is -2.32. The molecule has 1 aliphatic heterocycles. The first kappa shape index (κ1) is 16.7. The normalized spacial score (nSPS) is 15.9. The Bertz CT molecular complexity index is 701. The maximum absolute atomic E-state index is 13.0. The summed E-state index contributed by atoms with van der Waals surface area (Å²) >= 11 is 0. The van der Waals surface area contributed by atoms with Crippen molar-refractivity contribution in [3.8, 4) is 5.69 Å². The molecule has 2 aromatic rings. The highest BCUT2D eigenvalue weighted by atomic mass is 16.2. The Morgan fingerprint density at radius 2 is 1.88 bits per heavy atom. The molecule has 3 rings (SSSR count). The lowest BCUT2D eigenvalue weighted by atomic mass is 10.1. The second-order valence-electron chi connectivity index (χ2n) is 6.62. The first-order valence-electron chi connectivity index (χ1n) is 8.29. The number of nitrogens with zero attached hydrogens (tertiary/aromatic N) is 5. The number of hydrogen-bond acceptors (Lipinski definition) is 4. The average molecular weight is 327 g/mol. The summed E-state index contributed by atoms with van der Waals surface area (Å²) in [4.78, 5) is 23.7. The molecule has 1 amide bonds. The molecule has 0 N–H and O–H groups in total. The summed E-state index contributed by atoms with van der Waals surface area (Å²) in [5.74, 6) is 0.0987. The van der Waals surface area contributed by atoms with E-state index in [9.17, 15) is 4.79 Å². The van der Waals surface area contributed by atoms with Gasteiger partial charge < -0.3 is 19.3 Å². The van der Waals surface area contributed by atoms with Crippen LogP contribution in [0.5, 0.6) is 0 Å². The molecule has 1 aromatic heterocycles. The number of amides is 1. The number of carbonyl (C=O) groups excluding carboxylic acids is 1. The Kier molecular flexibility index (Phi) is 4.97. The molecule has 0 spiro atoms. The molecular formula is C18H25N5O. The Morgan fingerprint density at radius 1 is 1.17 bits per heavy atom. The largest absolute Gasteiger partial charge is 0.336 e. The number of para-hydroxylation sites is 1. The number of rotatable bonds is 4. The third-order valence-corrected chi connectivity index (χ3v) is 4.32. The van der Waals surface area contributed by atoms with E-state index in [1.807, 2.05) is 54.0 Å². The van der Waals surface area contributed by atoms with Crippen LogP contribution in [0.25, 0.3) is 5.69 Å². The molecule has 0 bridgehead atoms. The first-order valence-corrected chi connectivity index (χ1v) is 8.29. The van der Waals surface area contributed by atoms with Crippen LogP contribution in [-0.4, -0.2) is 77.5 Å². The Balaban J connectivity index is 1.85. The van der Waals surface area contributed by atoms with Crippen molar-refractivity contribution in [3.05, 3.63) is 48.0 Å². The number of benzene rings is 1. The zero-order valence-electron chi connectivity index (χ0n) is 14.6. The monoisotopic (exact) mass is 327 g/mol. The fourth-order valence-corrected chi connectivity index (χ4v) is 2.96. The SMILES string of the molecule is CN(C)Cc1cn(-c2ccccc2C(=O)N2CCN(C)CC2)cn1. The summed E-state index contributed by atoms with van der Waals surface area (Å²) in [6.07, 6.45) is 3.78. The van der Waals surface area contributed by atoms with Crippen molar-refractivity contribution in [2.45, 2.75) is 6.54 Å². The van der Waals surface area contributed by atoms with Crippen molar-refractivity contribution >= 4 is 5.91 Å². The van der Waals surface area contributed by atoms with Gasteiger partial charge in [0.1, 0.15) is 0 Å².